The van der Waals surface area contributed by atoms with Gasteiger partial charge in [-0.1, -0.05) is 27.2 Å². The normalized spacial score (nSPS) is 28.2. The number of nitrogens with zero attached hydrogens (tertiary/aromatic N) is 1. The number of rotatable bonds is 2. The van der Waals surface area contributed by atoms with Crippen LogP contribution in [-0.2, 0) is 4.79 Å². The first kappa shape index (κ1) is 11.5. The summed E-state index contributed by atoms with van der Waals surface area (Å²) in [5, 5.41) is 0. The van der Waals surface area contributed by atoms with Crippen LogP contribution in [0.3, 0.4) is 0 Å². The molecule has 1 heterocycles. The van der Waals surface area contributed by atoms with E-state index in [1.165, 1.54) is 0 Å². The lowest BCUT2D eigenvalue weighted by Crippen LogP contribution is -2.50. The minimum absolute atomic E-state index is 0.113. The molecule has 1 saturated heterocycles. The van der Waals surface area contributed by atoms with Crippen LogP contribution in [0.2, 0.25) is 0 Å². The van der Waals surface area contributed by atoms with Gasteiger partial charge >= 0.3 is 0 Å². The third kappa shape index (κ3) is 2.47. The van der Waals surface area contributed by atoms with Crippen molar-refractivity contribution < 1.29 is 4.79 Å². The monoisotopic (exact) mass is 198 g/mol. The minimum atomic E-state index is 0.113. The Hall–Kier alpha value is -0.570. The summed E-state index contributed by atoms with van der Waals surface area (Å²) in [5.74, 6) is 0.878. The first-order chi connectivity index (χ1) is 6.56. The third-order valence-corrected chi connectivity index (χ3v) is 3.12. The summed E-state index contributed by atoms with van der Waals surface area (Å²) in [6.07, 6.45) is 2.03. The van der Waals surface area contributed by atoms with Crippen molar-refractivity contribution in [2.24, 2.45) is 17.6 Å². The fraction of sp³-hybridized carbons (Fsp3) is 0.909. The second-order valence-corrected chi connectivity index (χ2v) is 4.56. The largest absolute Gasteiger partial charge is 0.342 e. The Labute approximate surface area is 86.6 Å². The molecule has 0 saturated carbocycles. The predicted molar refractivity (Wildman–Crippen MR) is 57.8 cm³/mol. The van der Waals surface area contributed by atoms with Crippen LogP contribution in [0.4, 0.5) is 0 Å². The summed E-state index contributed by atoms with van der Waals surface area (Å²) < 4.78 is 0. The average Bonchev–Trinajstić information content (AvgIpc) is 2.17. The van der Waals surface area contributed by atoms with Crippen LogP contribution in [0.5, 0.6) is 0 Å². The van der Waals surface area contributed by atoms with Crippen LogP contribution in [0.1, 0.15) is 33.6 Å². The summed E-state index contributed by atoms with van der Waals surface area (Å²) in [6, 6.07) is 0.288. The summed E-state index contributed by atoms with van der Waals surface area (Å²) in [4.78, 5) is 13.7. The smallest absolute Gasteiger partial charge is 0.225 e. The molecule has 1 fully saturated rings. The molecular formula is C11H22N2O. The van der Waals surface area contributed by atoms with Crippen molar-refractivity contribution in [3.63, 3.8) is 0 Å². The van der Waals surface area contributed by atoms with Crippen LogP contribution in [0.15, 0.2) is 0 Å². The first-order valence-electron chi connectivity index (χ1n) is 5.60. The van der Waals surface area contributed by atoms with E-state index in [2.05, 4.69) is 6.92 Å². The van der Waals surface area contributed by atoms with E-state index in [1.54, 1.807) is 0 Å². The highest BCUT2D eigenvalue weighted by molar-refractivity contribution is 5.78. The molecule has 0 aliphatic carbocycles. The molecule has 0 bridgehead atoms. The fourth-order valence-corrected chi connectivity index (χ4v) is 2.05. The Morgan fingerprint density at radius 1 is 1.57 bits per heavy atom. The Kier molecular flexibility index (Phi) is 3.93. The maximum absolute atomic E-state index is 11.8. The van der Waals surface area contributed by atoms with Crippen molar-refractivity contribution in [3.05, 3.63) is 0 Å². The van der Waals surface area contributed by atoms with Crippen molar-refractivity contribution in [2.75, 3.05) is 13.1 Å². The zero-order chi connectivity index (χ0) is 10.7. The van der Waals surface area contributed by atoms with Crippen LogP contribution >= 0.6 is 0 Å². The van der Waals surface area contributed by atoms with Gasteiger partial charge in [-0.15, -0.1) is 0 Å². The second kappa shape index (κ2) is 4.78. The number of likely N-dealkylation sites (tertiary alicyclic amines) is 1. The lowest BCUT2D eigenvalue weighted by molar-refractivity contribution is -0.136. The van der Waals surface area contributed by atoms with Crippen molar-refractivity contribution in [1.29, 1.82) is 0 Å². The zero-order valence-electron chi connectivity index (χ0n) is 9.49. The van der Waals surface area contributed by atoms with Crippen molar-refractivity contribution >= 4 is 5.91 Å². The first-order valence-corrected chi connectivity index (χ1v) is 5.60. The number of piperidine rings is 1. The van der Waals surface area contributed by atoms with E-state index in [9.17, 15) is 4.79 Å². The maximum atomic E-state index is 11.8. The molecule has 2 N–H and O–H groups in total. The third-order valence-electron chi connectivity index (χ3n) is 3.12. The van der Waals surface area contributed by atoms with Crippen LogP contribution < -0.4 is 5.73 Å². The van der Waals surface area contributed by atoms with E-state index in [-0.39, 0.29) is 17.9 Å². The Morgan fingerprint density at radius 2 is 2.21 bits per heavy atom. The Morgan fingerprint density at radius 3 is 2.71 bits per heavy atom. The van der Waals surface area contributed by atoms with Gasteiger partial charge in [-0.2, -0.15) is 0 Å². The van der Waals surface area contributed by atoms with Crippen molar-refractivity contribution in [1.82, 2.24) is 4.90 Å². The molecule has 1 rings (SSSR count). The van der Waals surface area contributed by atoms with Gasteiger partial charge in [0.15, 0.2) is 0 Å². The van der Waals surface area contributed by atoms with Crippen LogP contribution in [0.25, 0.3) is 0 Å². The molecule has 0 spiro atoms. The van der Waals surface area contributed by atoms with Gasteiger partial charge in [0.2, 0.25) is 5.91 Å². The molecule has 1 aliphatic rings. The SMILES string of the molecule is CCC1CN(C(=O)C(C)C)CCC1N. The molecule has 82 valence electrons. The summed E-state index contributed by atoms with van der Waals surface area (Å²) in [7, 11) is 0. The van der Waals surface area contributed by atoms with E-state index < -0.39 is 0 Å². The van der Waals surface area contributed by atoms with Gasteiger partial charge in [0.25, 0.3) is 0 Å². The summed E-state index contributed by atoms with van der Waals surface area (Å²) in [6.45, 7) is 7.76. The standard InChI is InChI=1S/C11H22N2O/c1-4-9-7-13(6-5-10(9)12)11(14)8(2)3/h8-10H,4-7,12H2,1-3H3. The minimum Gasteiger partial charge on any atom is -0.342 e. The van der Waals surface area contributed by atoms with Gasteiger partial charge in [0.1, 0.15) is 0 Å². The predicted octanol–water partition coefficient (Wildman–Crippen LogP) is 1.23. The van der Waals surface area contributed by atoms with E-state index in [0.717, 1.165) is 25.9 Å². The van der Waals surface area contributed by atoms with E-state index in [0.29, 0.717) is 5.92 Å². The number of carbonyl (C=O) groups is 1. The topological polar surface area (TPSA) is 46.3 Å². The molecule has 0 aromatic heterocycles. The molecule has 0 aromatic carbocycles. The molecule has 0 radical (unpaired) electrons. The van der Waals surface area contributed by atoms with Crippen molar-refractivity contribution in [3.8, 4) is 0 Å². The summed E-state index contributed by atoms with van der Waals surface area (Å²) in [5.41, 5.74) is 5.99. The van der Waals surface area contributed by atoms with Gasteiger partial charge in [-0.3, -0.25) is 4.79 Å². The van der Waals surface area contributed by atoms with Gasteiger partial charge in [0.05, 0.1) is 0 Å². The number of nitrogens with two attached hydrogens (primary N) is 1. The van der Waals surface area contributed by atoms with Gasteiger partial charge in [-0.25, -0.2) is 0 Å². The molecule has 2 unspecified atom stereocenters. The quantitative estimate of drug-likeness (QED) is 0.725. The zero-order valence-corrected chi connectivity index (χ0v) is 9.49. The lowest BCUT2D eigenvalue weighted by Gasteiger charge is -2.37. The summed E-state index contributed by atoms with van der Waals surface area (Å²) >= 11 is 0. The molecule has 2 atom stereocenters. The van der Waals surface area contributed by atoms with E-state index >= 15 is 0 Å². The van der Waals surface area contributed by atoms with Gasteiger partial charge in [0, 0.05) is 25.0 Å². The molecular weight excluding hydrogens is 176 g/mol. The molecule has 1 aliphatic heterocycles. The molecule has 1 amide bonds. The number of hydrogen-bond donors (Lipinski definition) is 1. The number of hydrogen-bond acceptors (Lipinski definition) is 2. The van der Waals surface area contributed by atoms with Crippen molar-refractivity contribution in [2.45, 2.75) is 39.7 Å². The van der Waals surface area contributed by atoms with Crippen LogP contribution in [0, 0.1) is 11.8 Å². The highest BCUT2D eigenvalue weighted by Crippen LogP contribution is 2.19. The molecule has 14 heavy (non-hydrogen) atoms. The average molecular weight is 198 g/mol. The highest BCUT2D eigenvalue weighted by atomic mass is 16.2. The highest BCUT2D eigenvalue weighted by Gasteiger charge is 2.28. The molecule has 0 aromatic rings. The van der Waals surface area contributed by atoms with E-state index in [4.69, 9.17) is 5.73 Å². The van der Waals surface area contributed by atoms with E-state index in [1.807, 2.05) is 18.7 Å². The number of carbonyl (C=O) groups excluding carboxylic acids is 1. The van der Waals surface area contributed by atoms with Crippen LogP contribution in [-0.4, -0.2) is 29.9 Å². The maximum Gasteiger partial charge on any atom is 0.225 e. The molecule has 3 heteroatoms. The second-order valence-electron chi connectivity index (χ2n) is 4.56. The lowest BCUT2D eigenvalue weighted by atomic mass is 9.90. The number of amides is 1. The molecule has 3 nitrogen and oxygen atoms in total. The van der Waals surface area contributed by atoms with Gasteiger partial charge < -0.3 is 10.6 Å². The van der Waals surface area contributed by atoms with Gasteiger partial charge in [-0.05, 0) is 12.3 Å². The Balaban J connectivity index is 2.54. The Bertz CT molecular complexity index is 203. The fourth-order valence-electron chi connectivity index (χ4n) is 2.05.